The monoisotopic (exact) mass is 478 g/mol. The normalized spacial score (nSPS) is 9.80. The van der Waals surface area contributed by atoms with E-state index >= 15 is 0 Å². The second-order valence-electron chi connectivity index (χ2n) is 4.79. The molecule has 0 aliphatic heterocycles. The largest absolute Gasteiger partial charge is 0.481 e. The summed E-state index contributed by atoms with van der Waals surface area (Å²) in [6, 6.07) is 8.12. The maximum atomic E-state index is 12.6. The average molecular weight is 480 g/mol. The molecule has 0 unspecified atom stereocenters. The van der Waals surface area contributed by atoms with Gasteiger partial charge in [0.2, 0.25) is 0 Å². The van der Waals surface area contributed by atoms with Crippen LogP contribution in [0.3, 0.4) is 0 Å². The lowest BCUT2D eigenvalue weighted by molar-refractivity contribution is -0.140. The molecule has 134 valence electrons. The zero-order valence-electron chi connectivity index (χ0n) is 13.1. The predicted molar refractivity (Wildman–Crippen MR) is 95.3 cm³/mol. The summed E-state index contributed by atoms with van der Waals surface area (Å²) >= 11 is 6.23. The van der Waals surface area contributed by atoms with Gasteiger partial charge in [0.15, 0.2) is 0 Å². The van der Waals surface area contributed by atoms with Gasteiger partial charge in [-0.25, -0.2) is 8.78 Å². The Morgan fingerprint density at radius 1 is 0.960 bits per heavy atom. The van der Waals surface area contributed by atoms with E-state index in [9.17, 15) is 18.4 Å². The highest BCUT2D eigenvalue weighted by atomic mass is 79.9. The molecule has 4 nitrogen and oxygen atoms in total. The fraction of sp³-hybridized carbons (Fsp3) is 0.176. The first-order valence-corrected chi connectivity index (χ1v) is 8.48. The van der Waals surface area contributed by atoms with Gasteiger partial charge in [-0.3, -0.25) is 9.59 Å². The summed E-state index contributed by atoms with van der Waals surface area (Å²) < 4.78 is 30.7. The van der Waals surface area contributed by atoms with Crippen LogP contribution >= 0.6 is 31.9 Å². The van der Waals surface area contributed by atoms with Crippen molar-refractivity contribution in [3.63, 3.8) is 0 Å². The molecule has 0 heterocycles. The Morgan fingerprint density at radius 3 is 1.76 bits per heavy atom. The summed E-state index contributed by atoms with van der Waals surface area (Å²) in [5, 5.41) is 8.45. The summed E-state index contributed by atoms with van der Waals surface area (Å²) in [6.45, 7) is 0. The smallest absolute Gasteiger partial charge is 0.310 e. The summed E-state index contributed by atoms with van der Waals surface area (Å²) in [5.41, 5.74) is 1.29. The van der Waals surface area contributed by atoms with Crippen LogP contribution in [0, 0.1) is 11.6 Å². The summed E-state index contributed by atoms with van der Waals surface area (Å²) in [7, 11) is 1.32. The Kier molecular flexibility index (Phi) is 8.71. The van der Waals surface area contributed by atoms with E-state index in [-0.39, 0.29) is 30.4 Å². The Labute approximate surface area is 160 Å². The Balaban J connectivity index is 0.000000251. The molecule has 0 saturated carbocycles. The van der Waals surface area contributed by atoms with Crippen LogP contribution in [0.25, 0.3) is 0 Å². The zero-order valence-corrected chi connectivity index (χ0v) is 16.2. The van der Waals surface area contributed by atoms with Gasteiger partial charge in [-0.15, -0.1) is 0 Å². The predicted octanol–water partition coefficient (Wildman–Crippen LogP) is 4.52. The van der Waals surface area contributed by atoms with Crippen molar-refractivity contribution in [3.05, 3.63) is 68.1 Å². The van der Waals surface area contributed by atoms with Crippen LogP contribution in [0.5, 0.6) is 0 Å². The summed E-state index contributed by atoms with van der Waals surface area (Å²) in [6.07, 6.45) is 0.0538. The summed E-state index contributed by atoms with van der Waals surface area (Å²) in [4.78, 5) is 21.2. The van der Waals surface area contributed by atoms with Crippen molar-refractivity contribution >= 4 is 43.8 Å². The number of carboxylic acids is 1. The van der Waals surface area contributed by atoms with E-state index in [2.05, 4.69) is 36.6 Å². The number of carbonyl (C=O) groups excluding carboxylic acids is 1. The van der Waals surface area contributed by atoms with Gasteiger partial charge in [-0.05, 0) is 35.4 Å². The van der Waals surface area contributed by atoms with Crippen LogP contribution in [0.15, 0.2) is 45.3 Å². The minimum Gasteiger partial charge on any atom is -0.481 e. The number of rotatable bonds is 4. The average Bonchev–Trinajstić information content (AvgIpc) is 2.53. The van der Waals surface area contributed by atoms with Gasteiger partial charge in [0.1, 0.15) is 11.6 Å². The number of ether oxygens (including phenoxy) is 1. The van der Waals surface area contributed by atoms with Gasteiger partial charge in [0.25, 0.3) is 0 Å². The second kappa shape index (κ2) is 10.2. The summed E-state index contributed by atoms with van der Waals surface area (Å²) in [5.74, 6) is -1.98. The van der Waals surface area contributed by atoms with Gasteiger partial charge in [-0.1, -0.05) is 44.0 Å². The lowest BCUT2D eigenvalue weighted by Gasteiger charge is -2.02. The highest BCUT2D eigenvalue weighted by Crippen LogP contribution is 2.19. The zero-order chi connectivity index (χ0) is 19.0. The number of esters is 1. The van der Waals surface area contributed by atoms with Gasteiger partial charge in [0, 0.05) is 8.95 Å². The molecular weight excluding hydrogens is 466 g/mol. The molecule has 2 aromatic carbocycles. The van der Waals surface area contributed by atoms with Crippen molar-refractivity contribution < 1.29 is 28.2 Å². The molecule has 0 saturated heterocycles. The van der Waals surface area contributed by atoms with E-state index in [0.717, 1.165) is 0 Å². The highest BCUT2D eigenvalue weighted by molar-refractivity contribution is 9.10. The molecule has 0 atom stereocenters. The third-order valence-electron chi connectivity index (χ3n) is 2.93. The topological polar surface area (TPSA) is 63.6 Å². The van der Waals surface area contributed by atoms with Crippen molar-refractivity contribution in [3.8, 4) is 0 Å². The van der Waals surface area contributed by atoms with Crippen molar-refractivity contribution in [2.24, 2.45) is 0 Å². The first-order valence-electron chi connectivity index (χ1n) is 6.89. The standard InChI is InChI=1S/C9H8BrFO2.C8H6BrFO2/c1-13-9(12)4-6-2-3-7(11)5-8(6)10;9-7-4-6(10)2-1-5(7)3-8(11)12/h2-3,5H,4H2,1H3;1-2,4H,3H2,(H,11,12). The van der Waals surface area contributed by atoms with Gasteiger partial charge in [-0.2, -0.15) is 0 Å². The molecule has 0 radical (unpaired) electrons. The van der Waals surface area contributed by atoms with Gasteiger partial charge < -0.3 is 9.84 Å². The van der Waals surface area contributed by atoms with E-state index in [1.54, 1.807) is 6.07 Å². The molecule has 25 heavy (non-hydrogen) atoms. The van der Waals surface area contributed by atoms with Crippen LogP contribution in [0.1, 0.15) is 11.1 Å². The van der Waals surface area contributed by atoms with E-state index in [4.69, 9.17) is 5.11 Å². The Bertz CT molecular complexity index is 766. The lowest BCUT2D eigenvalue weighted by Crippen LogP contribution is -2.04. The van der Waals surface area contributed by atoms with Gasteiger partial charge in [0.05, 0.1) is 20.0 Å². The van der Waals surface area contributed by atoms with Crippen LogP contribution < -0.4 is 0 Å². The number of carbonyl (C=O) groups is 2. The number of hydrogen-bond acceptors (Lipinski definition) is 3. The quantitative estimate of drug-likeness (QED) is 0.655. The van der Waals surface area contributed by atoms with E-state index in [1.165, 1.54) is 37.4 Å². The lowest BCUT2D eigenvalue weighted by atomic mass is 10.1. The Morgan fingerprint density at radius 2 is 1.40 bits per heavy atom. The minimum atomic E-state index is -0.928. The molecule has 1 N–H and O–H groups in total. The molecule has 0 amide bonds. The molecule has 2 aromatic rings. The SMILES string of the molecule is COC(=O)Cc1ccc(F)cc1Br.O=C(O)Cc1ccc(F)cc1Br. The van der Waals surface area contributed by atoms with Crippen molar-refractivity contribution in [2.45, 2.75) is 12.8 Å². The number of benzene rings is 2. The molecule has 0 bridgehead atoms. The van der Waals surface area contributed by atoms with Crippen molar-refractivity contribution in [1.82, 2.24) is 0 Å². The molecule has 2 rings (SSSR count). The number of carboxylic acid groups (broad SMARTS) is 1. The first kappa shape index (κ1) is 21.2. The van der Waals surface area contributed by atoms with Gasteiger partial charge >= 0.3 is 11.9 Å². The molecule has 0 spiro atoms. The van der Waals surface area contributed by atoms with E-state index < -0.39 is 5.97 Å². The number of methoxy groups -OCH3 is 1. The third kappa shape index (κ3) is 7.74. The molecule has 0 fully saturated rings. The fourth-order valence-corrected chi connectivity index (χ4v) is 2.70. The van der Waals surface area contributed by atoms with E-state index in [1.807, 2.05) is 0 Å². The molecule has 0 aliphatic carbocycles. The van der Waals surface area contributed by atoms with Crippen LogP contribution in [-0.4, -0.2) is 24.2 Å². The number of hydrogen-bond donors (Lipinski definition) is 1. The molecule has 0 aliphatic rings. The van der Waals surface area contributed by atoms with Crippen molar-refractivity contribution in [1.29, 1.82) is 0 Å². The first-order chi connectivity index (χ1) is 11.7. The maximum Gasteiger partial charge on any atom is 0.310 e. The fourth-order valence-electron chi connectivity index (χ4n) is 1.72. The minimum absolute atomic E-state index is 0.0964. The Hall–Kier alpha value is -1.80. The van der Waals surface area contributed by atoms with E-state index in [0.29, 0.717) is 20.1 Å². The van der Waals surface area contributed by atoms with Crippen LogP contribution in [-0.2, 0) is 27.2 Å². The number of halogens is 4. The molecule has 8 heteroatoms. The van der Waals surface area contributed by atoms with Crippen molar-refractivity contribution in [2.75, 3.05) is 7.11 Å². The molecular formula is C17H14Br2F2O4. The molecule has 0 aromatic heterocycles. The maximum absolute atomic E-state index is 12.6. The number of aliphatic carboxylic acids is 1. The third-order valence-corrected chi connectivity index (χ3v) is 4.41. The van der Waals surface area contributed by atoms with Crippen LogP contribution in [0.2, 0.25) is 0 Å². The highest BCUT2D eigenvalue weighted by Gasteiger charge is 2.07. The van der Waals surface area contributed by atoms with Crippen LogP contribution in [0.4, 0.5) is 8.78 Å². The second-order valence-corrected chi connectivity index (χ2v) is 6.50.